The van der Waals surface area contributed by atoms with E-state index in [1.807, 2.05) is 32.0 Å². The number of nitrogens with zero attached hydrogens (tertiary/aromatic N) is 2. The Kier molecular flexibility index (Phi) is 7.07. The number of allylic oxidation sites excluding steroid dienone is 3. The summed E-state index contributed by atoms with van der Waals surface area (Å²) >= 11 is 12.5. The maximum atomic E-state index is 6.46. The van der Waals surface area contributed by atoms with Crippen molar-refractivity contribution < 1.29 is 0 Å². The van der Waals surface area contributed by atoms with Gasteiger partial charge in [0.25, 0.3) is 0 Å². The summed E-state index contributed by atoms with van der Waals surface area (Å²) in [6.45, 7) is 13.2. The smallest absolute Gasteiger partial charge is 0.106 e. The molecule has 2 nitrogen and oxygen atoms in total. The van der Waals surface area contributed by atoms with Gasteiger partial charge in [0.1, 0.15) is 5.69 Å². The van der Waals surface area contributed by atoms with Crippen molar-refractivity contribution in [3.05, 3.63) is 87.8 Å². The molecule has 3 rings (SSSR count). The molecule has 1 aliphatic rings. The number of aromatic nitrogens is 1. The van der Waals surface area contributed by atoms with Crippen molar-refractivity contribution in [2.45, 2.75) is 27.7 Å². The summed E-state index contributed by atoms with van der Waals surface area (Å²) in [6.07, 6.45) is 3.77. The third-order valence-electron chi connectivity index (χ3n) is 4.10. The molecule has 2 aromatic rings. The lowest BCUT2D eigenvalue weighted by Gasteiger charge is -2.34. The molecule has 136 valence electrons. The van der Waals surface area contributed by atoms with Crippen molar-refractivity contribution >= 4 is 34.5 Å². The van der Waals surface area contributed by atoms with Gasteiger partial charge in [-0.3, -0.25) is 4.98 Å². The Balaban J connectivity index is 0.00000117. The zero-order valence-electron chi connectivity index (χ0n) is 15.7. The molecule has 0 N–H and O–H groups in total. The summed E-state index contributed by atoms with van der Waals surface area (Å²) in [5, 5.41) is 1.06. The predicted molar refractivity (Wildman–Crippen MR) is 114 cm³/mol. The van der Waals surface area contributed by atoms with E-state index >= 15 is 0 Å². The van der Waals surface area contributed by atoms with Crippen molar-refractivity contribution in [3.8, 4) is 0 Å². The number of rotatable bonds is 3. The van der Waals surface area contributed by atoms with Crippen LogP contribution in [0.4, 0.5) is 0 Å². The van der Waals surface area contributed by atoms with Gasteiger partial charge < -0.3 is 4.90 Å². The van der Waals surface area contributed by atoms with Crippen molar-refractivity contribution in [2.24, 2.45) is 0 Å². The number of hydrogen-bond acceptors (Lipinski definition) is 2. The molecule has 0 unspecified atom stereocenters. The Morgan fingerprint density at radius 3 is 2.35 bits per heavy atom. The summed E-state index contributed by atoms with van der Waals surface area (Å²) in [5.41, 5.74) is 5.96. The third-order valence-corrected chi connectivity index (χ3v) is 4.59. The SMILES string of the molecule is C=C1C(C)=CC(c2ccccc2)=C(c2ncc(Cl)cc2Cl)N1CC.CC. The van der Waals surface area contributed by atoms with Gasteiger partial charge in [-0.15, -0.1) is 0 Å². The van der Waals surface area contributed by atoms with Crippen LogP contribution in [-0.2, 0) is 0 Å². The highest BCUT2D eigenvalue weighted by molar-refractivity contribution is 6.35. The van der Waals surface area contributed by atoms with E-state index < -0.39 is 0 Å². The molecule has 0 spiro atoms. The molecule has 0 saturated carbocycles. The third kappa shape index (κ3) is 4.03. The second kappa shape index (κ2) is 9.07. The fourth-order valence-corrected chi connectivity index (χ4v) is 3.36. The van der Waals surface area contributed by atoms with Gasteiger partial charge in [-0.2, -0.15) is 0 Å². The fraction of sp³-hybridized carbons (Fsp3) is 0.227. The Morgan fingerprint density at radius 2 is 1.77 bits per heavy atom. The van der Waals surface area contributed by atoms with Gasteiger partial charge in [-0.25, -0.2) is 0 Å². The topological polar surface area (TPSA) is 16.1 Å². The summed E-state index contributed by atoms with van der Waals surface area (Å²) < 4.78 is 0. The lowest BCUT2D eigenvalue weighted by molar-refractivity contribution is 0.522. The first-order valence-electron chi connectivity index (χ1n) is 8.79. The van der Waals surface area contributed by atoms with Crippen molar-refractivity contribution in [1.82, 2.24) is 9.88 Å². The molecule has 4 heteroatoms. The number of benzene rings is 1. The van der Waals surface area contributed by atoms with Crippen LogP contribution in [0.5, 0.6) is 0 Å². The summed E-state index contributed by atoms with van der Waals surface area (Å²) in [7, 11) is 0. The van der Waals surface area contributed by atoms with Gasteiger partial charge in [0.05, 0.1) is 15.7 Å². The van der Waals surface area contributed by atoms with E-state index in [1.165, 1.54) is 0 Å². The lowest BCUT2D eigenvalue weighted by atomic mass is 9.94. The average Bonchev–Trinajstić information content (AvgIpc) is 2.66. The number of halogens is 2. The average molecular weight is 387 g/mol. The molecular weight excluding hydrogens is 363 g/mol. The van der Waals surface area contributed by atoms with E-state index in [0.717, 1.165) is 34.6 Å². The van der Waals surface area contributed by atoms with Gasteiger partial charge in [-0.05, 0) is 37.1 Å². The summed E-state index contributed by atoms with van der Waals surface area (Å²) in [4.78, 5) is 6.65. The lowest BCUT2D eigenvalue weighted by Crippen LogP contribution is -2.25. The van der Waals surface area contributed by atoms with Crippen LogP contribution < -0.4 is 0 Å². The first-order chi connectivity index (χ1) is 12.5. The van der Waals surface area contributed by atoms with E-state index in [0.29, 0.717) is 15.7 Å². The zero-order chi connectivity index (χ0) is 19.3. The normalized spacial score (nSPS) is 14.0. The maximum Gasteiger partial charge on any atom is 0.106 e. The van der Waals surface area contributed by atoms with Crippen LogP contribution in [-0.4, -0.2) is 16.4 Å². The van der Waals surface area contributed by atoms with E-state index in [1.54, 1.807) is 12.3 Å². The molecule has 26 heavy (non-hydrogen) atoms. The second-order valence-electron chi connectivity index (χ2n) is 5.63. The van der Waals surface area contributed by atoms with Crippen LogP contribution in [0.15, 0.2) is 66.5 Å². The van der Waals surface area contributed by atoms with Crippen LogP contribution in [0.3, 0.4) is 0 Å². The van der Waals surface area contributed by atoms with Crippen molar-refractivity contribution in [2.75, 3.05) is 6.54 Å². The van der Waals surface area contributed by atoms with Gasteiger partial charge >= 0.3 is 0 Å². The molecule has 0 atom stereocenters. The highest BCUT2D eigenvalue weighted by Crippen LogP contribution is 2.40. The second-order valence-corrected chi connectivity index (χ2v) is 6.47. The number of pyridine rings is 1. The van der Waals surface area contributed by atoms with Crippen molar-refractivity contribution in [3.63, 3.8) is 0 Å². The van der Waals surface area contributed by atoms with E-state index in [9.17, 15) is 0 Å². The zero-order valence-corrected chi connectivity index (χ0v) is 17.2. The number of hydrogen-bond donors (Lipinski definition) is 0. The Morgan fingerprint density at radius 1 is 1.12 bits per heavy atom. The molecule has 2 heterocycles. The highest BCUT2D eigenvalue weighted by Gasteiger charge is 2.26. The molecule has 0 bridgehead atoms. The van der Waals surface area contributed by atoms with Crippen molar-refractivity contribution in [1.29, 1.82) is 0 Å². The van der Waals surface area contributed by atoms with Gasteiger partial charge in [0, 0.05) is 24.0 Å². The molecule has 0 fully saturated rings. The van der Waals surface area contributed by atoms with Gasteiger partial charge in [-0.1, -0.05) is 74.0 Å². The minimum absolute atomic E-state index is 0.523. The molecule has 1 aromatic heterocycles. The standard InChI is InChI=1S/C20H18Cl2N2.C2H6/c1-4-24-14(3)13(2)10-17(15-8-6-5-7-9-15)20(24)19-18(22)11-16(21)12-23-19;1-2/h5-12H,3-4H2,1-2H3;1-2H3. The molecule has 0 radical (unpaired) electrons. The first-order valence-corrected chi connectivity index (χ1v) is 9.54. The Bertz CT molecular complexity index is 852. The molecule has 0 aliphatic carbocycles. The minimum Gasteiger partial charge on any atom is -0.340 e. The highest BCUT2D eigenvalue weighted by atomic mass is 35.5. The van der Waals surface area contributed by atoms with Gasteiger partial charge in [0.2, 0.25) is 0 Å². The Hall–Kier alpha value is -2.03. The summed E-state index contributed by atoms with van der Waals surface area (Å²) in [5.74, 6) is 0. The van der Waals surface area contributed by atoms with Crippen LogP contribution >= 0.6 is 23.2 Å². The van der Waals surface area contributed by atoms with E-state index in [2.05, 4.69) is 48.5 Å². The number of likely N-dealkylation sites (N-methyl/N-ethyl adjacent to an activating group) is 1. The molecule has 1 aromatic carbocycles. The van der Waals surface area contributed by atoms with Crippen LogP contribution in [0.2, 0.25) is 10.0 Å². The largest absolute Gasteiger partial charge is 0.340 e. The van der Waals surface area contributed by atoms with Crippen LogP contribution in [0, 0.1) is 0 Å². The van der Waals surface area contributed by atoms with Gasteiger partial charge in [0.15, 0.2) is 0 Å². The Labute approximate surface area is 166 Å². The molecule has 0 saturated heterocycles. The molecule has 1 aliphatic heterocycles. The monoisotopic (exact) mass is 386 g/mol. The quantitative estimate of drug-likeness (QED) is 0.559. The maximum absolute atomic E-state index is 6.46. The fourth-order valence-electron chi connectivity index (χ4n) is 2.89. The van der Waals surface area contributed by atoms with E-state index in [4.69, 9.17) is 23.2 Å². The molecule has 0 amide bonds. The van der Waals surface area contributed by atoms with Crippen LogP contribution in [0.1, 0.15) is 39.0 Å². The van der Waals surface area contributed by atoms with Crippen LogP contribution in [0.25, 0.3) is 11.3 Å². The summed E-state index contributed by atoms with van der Waals surface area (Å²) in [6, 6.07) is 12.0. The molecular formula is C22H24Cl2N2. The minimum atomic E-state index is 0.523. The first kappa shape index (κ1) is 20.3. The predicted octanol–water partition coefficient (Wildman–Crippen LogP) is 7.08. The van der Waals surface area contributed by atoms with E-state index in [-0.39, 0.29) is 0 Å².